The number of rotatable bonds is 9. The number of carbonyl (C=O) groups is 1. The minimum Gasteiger partial charge on any atom is -0.481 e. The molecule has 0 heterocycles. The second kappa shape index (κ2) is 10.1. The molecule has 2 N–H and O–H groups in total. The number of aryl methyl sites for hydroxylation is 1. The smallest absolute Gasteiger partial charge is 0.158 e. The summed E-state index contributed by atoms with van der Waals surface area (Å²) < 4.78 is 5.54. The van der Waals surface area contributed by atoms with Gasteiger partial charge in [0.25, 0.3) is 0 Å². The molecule has 136 valence electrons. The molecule has 0 radical (unpaired) electrons. The van der Waals surface area contributed by atoms with Gasteiger partial charge in [0.2, 0.25) is 0 Å². The normalized spacial score (nSPS) is 11.0. The summed E-state index contributed by atoms with van der Waals surface area (Å²) in [5.74, 6) is 0.0432. The average Bonchev–Trinajstić information content (AvgIpc) is 2.67. The van der Waals surface area contributed by atoms with Gasteiger partial charge in [-0.3, -0.25) is 4.79 Å². The lowest BCUT2D eigenvalue weighted by Crippen LogP contribution is -2.05. The van der Waals surface area contributed by atoms with Crippen LogP contribution in [0.4, 0.5) is 11.4 Å². The van der Waals surface area contributed by atoms with Gasteiger partial charge in [-0.05, 0) is 60.4 Å². The molecule has 0 saturated carbocycles. The molecule has 0 amide bonds. The van der Waals surface area contributed by atoms with Gasteiger partial charge in [-0.25, -0.2) is 0 Å². The topological polar surface area (TPSA) is 50.4 Å². The lowest BCUT2D eigenvalue weighted by Gasteiger charge is -2.12. The first-order valence-electron chi connectivity index (χ1n) is 8.73. The standard InChI is InChI=1S/C22H26N2O2/c1-4-20-15-21(23-3)11-12-22(20)24-16-26-14-13-19-9-7-18(8-10-19)6-5-17(2)25/h5-15,23-24H,4,16H2,1-3H3. The Bertz CT molecular complexity index is 777. The average molecular weight is 350 g/mol. The summed E-state index contributed by atoms with van der Waals surface area (Å²) >= 11 is 0. The van der Waals surface area contributed by atoms with Crippen LogP contribution in [0, 0.1) is 0 Å². The zero-order valence-corrected chi connectivity index (χ0v) is 15.6. The van der Waals surface area contributed by atoms with Crippen LogP contribution in [-0.2, 0) is 16.0 Å². The number of hydrogen-bond donors (Lipinski definition) is 2. The van der Waals surface area contributed by atoms with E-state index in [1.54, 1.807) is 18.4 Å². The minimum atomic E-state index is 0.0432. The molecule has 0 spiro atoms. The highest BCUT2D eigenvalue weighted by atomic mass is 16.5. The van der Waals surface area contributed by atoms with Crippen molar-refractivity contribution in [1.82, 2.24) is 0 Å². The molecule has 0 unspecified atom stereocenters. The van der Waals surface area contributed by atoms with E-state index in [0.29, 0.717) is 6.73 Å². The number of ketones is 1. The molecular formula is C22H26N2O2. The van der Waals surface area contributed by atoms with E-state index >= 15 is 0 Å². The van der Waals surface area contributed by atoms with Crippen molar-refractivity contribution >= 4 is 29.3 Å². The van der Waals surface area contributed by atoms with Crippen LogP contribution < -0.4 is 10.6 Å². The molecule has 26 heavy (non-hydrogen) atoms. The third-order valence-corrected chi connectivity index (χ3v) is 3.92. The van der Waals surface area contributed by atoms with Crippen LogP contribution in [0.3, 0.4) is 0 Å². The van der Waals surface area contributed by atoms with Gasteiger partial charge < -0.3 is 15.4 Å². The fourth-order valence-corrected chi connectivity index (χ4v) is 2.44. The van der Waals surface area contributed by atoms with E-state index in [0.717, 1.165) is 28.9 Å². The van der Waals surface area contributed by atoms with E-state index in [4.69, 9.17) is 4.74 Å². The van der Waals surface area contributed by atoms with E-state index in [-0.39, 0.29) is 5.78 Å². The molecule has 4 heteroatoms. The lowest BCUT2D eigenvalue weighted by molar-refractivity contribution is -0.112. The molecule has 4 nitrogen and oxygen atoms in total. The summed E-state index contributed by atoms with van der Waals surface area (Å²) in [6.07, 6.45) is 7.91. The predicted octanol–water partition coefficient (Wildman–Crippen LogP) is 4.95. The van der Waals surface area contributed by atoms with Crippen LogP contribution in [0.5, 0.6) is 0 Å². The highest BCUT2D eigenvalue weighted by Gasteiger charge is 2.01. The maximum Gasteiger partial charge on any atom is 0.158 e. The van der Waals surface area contributed by atoms with Crippen LogP contribution in [0.15, 0.2) is 54.8 Å². The summed E-state index contributed by atoms with van der Waals surface area (Å²) in [5.41, 5.74) is 5.48. The lowest BCUT2D eigenvalue weighted by atomic mass is 10.1. The van der Waals surface area contributed by atoms with Crippen molar-refractivity contribution in [3.8, 4) is 0 Å². The van der Waals surface area contributed by atoms with Gasteiger partial charge in [-0.1, -0.05) is 37.3 Å². The first kappa shape index (κ1) is 19.3. The number of carbonyl (C=O) groups excluding carboxylic acids is 1. The van der Waals surface area contributed by atoms with Gasteiger partial charge in [0.05, 0.1) is 6.26 Å². The molecule has 0 saturated heterocycles. The van der Waals surface area contributed by atoms with Crippen LogP contribution in [-0.4, -0.2) is 19.6 Å². The first-order valence-corrected chi connectivity index (χ1v) is 8.73. The molecular weight excluding hydrogens is 324 g/mol. The highest BCUT2D eigenvalue weighted by molar-refractivity contribution is 5.91. The van der Waals surface area contributed by atoms with Gasteiger partial charge in [-0.2, -0.15) is 0 Å². The molecule has 0 fully saturated rings. The summed E-state index contributed by atoms with van der Waals surface area (Å²) in [7, 11) is 1.92. The van der Waals surface area contributed by atoms with Crippen molar-refractivity contribution in [2.75, 3.05) is 24.4 Å². The van der Waals surface area contributed by atoms with Gasteiger partial charge in [0.1, 0.15) is 0 Å². The Balaban J connectivity index is 1.83. The van der Waals surface area contributed by atoms with Crippen molar-refractivity contribution in [2.24, 2.45) is 0 Å². The number of ether oxygens (including phenoxy) is 1. The molecule has 0 bridgehead atoms. The van der Waals surface area contributed by atoms with Gasteiger partial charge in [0.15, 0.2) is 12.5 Å². The third kappa shape index (κ3) is 6.13. The van der Waals surface area contributed by atoms with E-state index in [9.17, 15) is 4.79 Å². The minimum absolute atomic E-state index is 0.0432. The second-order valence-electron chi connectivity index (χ2n) is 5.88. The second-order valence-corrected chi connectivity index (χ2v) is 5.88. The Morgan fingerprint density at radius 3 is 2.38 bits per heavy atom. The third-order valence-electron chi connectivity index (χ3n) is 3.92. The Kier molecular flexibility index (Phi) is 7.49. The number of hydrogen-bond acceptors (Lipinski definition) is 4. The van der Waals surface area contributed by atoms with E-state index in [1.165, 1.54) is 12.5 Å². The first-order chi connectivity index (χ1) is 12.6. The molecule has 0 aromatic heterocycles. The Morgan fingerprint density at radius 2 is 1.77 bits per heavy atom. The largest absolute Gasteiger partial charge is 0.481 e. The van der Waals surface area contributed by atoms with E-state index < -0.39 is 0 Å². The summed E-state index contributed by atoms with van der Waals surface area (Å²) in [4.78, 5) is 10.9. The molecule has 0 aliphatic carbocycles. The van der Waals surface area contributed by atoms with E-state index in [2.05, 4.69) is 29.7 Å². The van der Waals surface area contributed by atoms with Crippen molar-refractivity contribution in [2.45, 2.75) is 20.3 Å². The number of nitrogens with one attached hydrogen (secondary N) is 2. The van der Waals surface area contributed by atoms with Gasteiger partial charge in [-0.15, -0.1) is 0 Å². The molecule has 2 rings (SSSR count). The summed E-state index contributed by atoms with van der Waals surface area (Å²) in [6, 6.07) is 14.1. The quantitative estimate of drug-likeness (QED) is 0.291. The van der Waals surface area contributed by atoms with Crippen molar-refractivity contribution in [1.29, 1.82) is 0 Å². The van der Waals surface area contributed by atoms with Gasteiger partial charge >= 0.3 is 0 Å². The Morgan fingerprint density at radius 1 is 1.08 bits per heavy atom. The summed E-state index contributed by atoms with van der Waals surface area (Å²) in [6.45, 7) is 4.08. The predicted molar refractivity (Wildman–Crippen MR) is 110 cm³/mol. The van der Waals surface area contributed by atoms with Crippen LogP contribution in [0.2, 0.25) is 0 Å². The Hall–Kier alpha value is -3.01. The number of allylic oxidation sites excluding steroid dienone is 1. The summed E-state index contributed by atoms with van der Waals surface area (Å²) in [5, 5.41) is 6.45. The molecule has 2 aromatic rings. The molecule has 0 atom stereocenters. The zero-order valence-electron chi connectivity index (χ0n) is 15.6. The fourth-order valence-electron chi connectivity index (χ4n) is 2.44. The van der Waals surface area contributed by atoms with Crippen LogP contribution >= 0.6 is 0 Å². The highest BCUT2D eigenvalue weighted by Crippen LogP contribution is 2.20. The Labute approximate surface area is 155 Å². The van der Waals surface area contributed by atoms with Gasteiger partial charge in [0, 0.05) is 18.4 Å². The number of benzene rings is 2. The number of anilines is 2. The molecule has 2 aromatic carbocycles. The van der Waals surface area contributed by atoms with Crippen molar-refractivity contribution in [3.05, 3.63) is 71.5 Å². The van der Waals surface area contributed by atoms with Crippen molar-refractivity contribution in [3.63, 3.8) is 0 Å². The van der Waals surface area contributed by atoms with Crippen LogP contribution in [0.25, 0.3) is 12.2 Å². The molecule has 0 aliphatic rings. The molecule has 0 aliphatic heterocycles. The SMILES string of the molecule is CCc1cc(NC)ccc1NCOC=Cc1ccc(C=CC(C)=O)cc1. The van der Waals surface area contributed by atoms with Crippen LogP contribution in [0.1, 0.15) is 30.5 Å². The van der Waals surface area contributed by atoms with E-state index in [1.807, 2.05) is 43.5 Å². The maximum atomic E-state index is 10.9. The fraction of sp³-hybridized carbons (Fsp3) is 0.227. The van der Waals surface area contributed by atoms with Crippen molar-refractivity contribution < 1.29 is 9.53 Å². The maximum absolute atomic E-state index is 10.9. The monoisotopic (exact) mass is 350 g/mol. The zero-order chi connectivity index (χ0) is 18.8.